The Morgan fingerprint density at radius 1 is 1.40 bits per heavy atom. The maximum atomic E-state index is 12.0. The molecule has 0 aromatic carbocycles. The van der Waals surface area contributed by atoms with Gasteiger partial charge in [-0.3, -0.25) is 0 Å². The van der Waals surface area contributed by atoms with Crippen LogP contribution in [0.25, 0.3) is 11.1 Å². The molecule has 1 atom stereocenters. The van der Waals surface area contributed by atoms with E-state index in [1.165, 1.54) is 0 Å². The minimum absolute atomic E-state index is 0.0498. The molecule has 3 heterocycles. The van der Waals surface area contributed by atoms with E-state index in [2.05, 4.69) is 20.4 Å². The van der Waals surface area contributed by atoms with Crippen LogP contribution in [0.15, 0.2) is 27.3 Å². The van der Waals surface area contributed by atoms with Crippen molar-refractivity contribution < 1.29 is 18.5 Å². The van der Waals surface area contributed by atoms with Crippen molar-refractivity contribution in [1.29, 1.82) is 0 Å². The van der Waals surface area contributed by atoms with Gasteiger partial charge in [0.2, 0.25) is 5.82 Å². The van der Waals surface area contributed by atoms with Gasteiger partial charge in [0.15, 0.2) is 0 Å². The molecule has 3 aromatic heterocycles. The Morgan fingerprint density at radius 2 is 2.24 bits per heavy atom. The standard InChI is InChI=1S/C17H20N4O4/c1-4-23-17(22)15-19-14(13-11(3)21-25-16(13)20-15)18-10(2)7-8-12-6-5-9-24-12/h5-6,9-10H,4,7-8H2,1-3H3,(H,18,19,20)/t10-/m1/s1. The SMILES string of the molecule is CCOC(=O)c1nc(N[C@H](C)CCc2ccco2)c2c(C)noc2n1. The van der Waals surface area contributed by atoms with E-state index in [1.807, 2.05) is 19.1 Å². The van der Waals surface area contributed by atoms with Gasteiger partial charge < -0.3 is 19.0 Å². The molecule has 3 aromatic rings. The Hall–Kier alpha value is -2.90. The number of carbonyl (C=O) groups is 1. The number of nitrogens with one attached hydrogen (secondary N) is 1. The molecule has 8 nitrogen and oxygen atoms in total. The first kappa shape index (κ1) is 16.9. The number of aryl methyl sites for hydroxylation is 2. The zero-order chi connectivity index (χ0) is 17.8. The van der Waals surface area contributed by atoms with Crippen LogP contribution in [-0.4, -0.2) is 33.7 Å². The van der Waals surface area contributed by atoms with E-state index >= 15 is 0 Å². The average molecular weight is 344 g/mol. The lowest BCUT2D eigenvalue weighted by atomic mass is 10.1. The van der Waals surface area contributed by atoms with Crippen LogP contribution in [0, 0.1) is 6.92 Å². The summed E-state index contributed by atoms with van der Waals surface area (Å²) in [6.07, 6.45) is 3.29. The average Bonchev–Trinajstić information content (AvgIpc) is 3.23. The Kier molecular flexibility index (Phi) is 4.97. The van der Waals surface area contributed by atoms with Crippen LogP contribution >= 0.6 is 0 Å². The molecule has 0 amide bonds. The van der Waals surface area contributed by atoms with Gasteiger partial charge in [0.25, 0.3) is 5.71 Å². The van der Waals surface area contributed by atoms with Gasteiger partial charge in [0.1, 0.15) is 17.0 Å². The number of hydrogen-bond acceptors (Lipinski definition) is 8. The van der Waals surface area contributed by atoms with Crippen LogP contribution < -0.4 is 5.32 Å². The number of anilines is 1. The molecule has 0 spiro atoms. The minimum Gasteiger partial charge on any atom is -0.469 e. The molecule has 0 aliphatic carbocycles. The van der Waals surface area contributed by atoms with Crippen molar-refractivity contribution in [2.24, 2.45) is 0 Å². The van der Waals surface area contributed by atoms with Crippen LogP contribution in [0.1, 0.15) is 42.3 Å². The van der Waals surface area contributed by atoms with E-state index in [-0.39, 0.29) is 24.2 Å². The molecule has 1 N–H and O–H groups in total. The number of aromatic nitrogens is 3. The maximum absolute atomic E-state index is 12.0. The number of hydrogen-bond donors (Lipinski definition) is 1. The molecular weight excluding hydrogens is 324 g/mol. The van der Waals surface area contributed by atoms with E-state index in [9.17, 15) is 4.79 Å². The second-order valence-corrected chi connectivity index (χ2v) is 5.73. The predicted octanol–water partition coefficient (Wildman–Crippen LogP) is 3.13. The predicted molar refractivity (Wildman–Crippen MR) is 90.4 cm³/mol. The van der Waals surface area contributed by atoms with Crippen molar-refractivity contribution >= 4 is 22.9 Å². The number of esters is 1. The Labute approximate surface area is 144 Å². The Bertz CT molecular complexity index is 857. The molecule has 0 fully saturated rings. The summed E-state index contributed by atoms with van der Waals surface area (Å²) >= 11 is 0. The number of furan rings is 1. The van der Waals surface area contributed by atoms with Crippen molar-refractivity contribution in [3.63, 3.8) is 0 Å². The van der Waals surface area contributed by atoms with Gasteiger partial charge in [0.05, 0.1) is 18.6 Å². The zero-order valence-electron chi connectivity index (χ0n) is 14.4. The monoisotopic (exact) mass is 344 g/mol. The molecular formula is C17H20N4O4. The van der Waals surface area contributed by atoms with E-state index in [1.54, 1.807) is 20.1 Å². The Morgan fingerprint density at radius 3 is 2.96 bits per heavy atom. The van der Waals surface area contributed by atoms with Crippen LogP contribution in [0.3, 0.4) is 0 Å². The van der Waals surface area contributed by atoms with Crippen molar-refractivity contribution in [3.05, 3.63) is 35.7 Å². The summed E-state index contributed by atoms with van der Waals surface area (Å²) in [5.41, 5.74) is 0.919. The molecule has 0 aliphatic rings. The van der Waals surface area contributed by atoms with Gasteiger partial charge in [-0.15, -0.1) is 0 Å². The first-order valence-corrected chi connectivity index (χ1v) is 8.18. The quantitative estimate of drug-likeness (QED) is 0.652. The number of fused-ring (bicyclic) bond motifs is 1. The third-order valence-corrected chi connectivity index (χ3v) is 3.75. The highest BCUT2D eigenvalue weighted by Gasteiger charge is 2.20. The first-order valence-electron chi connectivity index (χ1n) is 8.18. The highest BCUT2D eigenvalue weighted by molar-refractivity contribution is 5.93. The molecule has 0 bridgehead atoms. The van der Waals surface area contributed by atoms with Crippen molar-refractivity contribution in [2.75, 3.05) is 11.9 Å². The van der Waals surface area contributed by atoms with E-state index < -0.39 is 5.97 Å². The second kappa shape index (κ2) is 7.33. The lowest BCUT2D eigenvalue weighted by molar-refractivity contribution is 0.0512. The van der Waals surface area contributed by atoms with Crippen molar-refractivity contribution in [1.82, 2.24) is 15.1 Å². The van der Waals surface area contributed by atoms with Gasteiger partial charge in [0, 0.05) is 12.5 Å². The Balaban J connectivity index is 1.82. The van der Waals surface area contributed by atoms with Gasteiger partial charge in [-0.2, -0.15) is 4.98 Å². The van der Waals surface area contributed by atoms with Crippen molar-refractivity contribution in [3.8, 4) is 0 Å². The molecule has 0 saturated heterocycles. The summed E-state index contributed by atoms with van der Waals surface area (Å²) in [5, 5.41) is 7.89. The van der Waals surface area contributed by atoms with Crippen molar-refractivity contribution in [2.45, 2.75) is 39.7 Å². The summed E-state index contributed by atoms with van der Waals surface area (Å²) in [7, 11) is 0. The first-order chi connectivity index (χ1) is 12.1. The maximum Gasteiger partial charge on any atom is 0.376 e. The number of ether oxygens (including phenoxy) is 1. The van der Waals surface area contributed by atoms with Crippen LogP contribution in [0.4, 0.5) is 5.82 Å². The molecule has 0 saturated carbocycles. The zero-order valence-corrected chi connectivity index (χ0v) is 14.4. The molecule has 25 heavy (non-hydrogen) atoms. The smallest absolute Gasteiger partial charge is 0.376 e. The number of nitrogens with zero attached hydrogens (tertiary/aromatic N) is 3. The third kappa shape index (κ3) is 3.78. The molecule has 0 unspecified atom stereocenters. The number of carbonyl (C=O) groups excluding carboxylic acids is 1. The van der Waals surface area contributed by atoms with Gasteiger partial charge in [-0.05, 0) is 39.3 Å². The fourth-order valence-electron chi connectivity index (χ4n) is 2.50. The van der Waals surface area contributed by atoms with Gasteiger partial charge in [-0.25, -0.2) is 9.78 Å². The molecule has 132 valence electrons. The lowest BCUT2D eigenvalue weighted by Crippen LogP contribution is -2.19. The third-order valence-electron chi connectivity index (χ3n) is 3.75. The van der Waals surface area contributed by atoms with E-state index in [0.29, 0.717) is 16.9 Å². The highest BCUT2D eigenvalue weighted by atomic mass is 16.5. The second-order valence-electron chi connectivity index (χ2n) is 5.73. The van der Waals surface area contributed by atoms with Gasteiger partial charge in [-0.1, -0.05) is 5.16 Å². The van der Waals surface area contributed by atoms with Crippen LogP contribution in [-0.2, 0) is 11.2 Å². The van der Waals surface area contributed by atoms with E-state index in [4.69, 9.17) is 13.7 Å². The number of rotatable bonds is 7. The molecule has 3 rings (SSSR count). The summed E-state index contributed by atoms with van der Waals surface area (Å²) in [6.45, 7) is 5.81. The summed E-state index contributed by atoms with van der Waals surface area (Å²) in [5.74, 6) is 0.796. The fraction of sp³-hybridized carbons (Fsp3) is 0.412. The van der Waals surface area contributed by atoms with Gasteiger partial charge >= 0.3 is 5.97 Å². The molecule has 8 heteroatoms. The van der Waals surface area contributed by atoms with E-state index in [0.717, 1.165) is 18.6 Å². The van der Waals surface area contributed by atoms with Crippen LogP contribution in [0.2, 0.25) is 0 Å². The fourth-order valence-corrected chi connectivity index (χ4v) is 2.50. The summed E-state index contributed by atoms with van der Waals surface area (Å²) in [4.78, 5) is 20.4. The minimum atomic E-state index is -0.593. The topological polar surface area (TPSA) is 103 Å². The molecule has 0 radical (unpaired) electrons. The van der Waals surface area contributed by atoms with Crippen LogP contribution in [0.5, 0.6) is 0 Å². The lowest BCUT2D eigenvalue weighted by Gasteiger charge is -2.15. The summed E-state index contributed by atoms with van der Waals surface area (Å²) < 4.78 is 15.5. The highest BCUT2D eigenvalue weighted by Crippen LogP contribution is 2.25. The molecule has 0 aliphatic heterocycles. The largest absolute Gasteiger partial charge is 0.469 e. The summed E-state index contributed by atoms with van der Waals surface area (Å²) in [6, 6.07) is 3.90. The normalized spacial score (nSPS) is 12.3.